The summed E-state index contributed by atoms with van der Waals surface area (Å²) in [5.74, 6) is 0.540. The van der Waals surface area contributed by atoms with Crippen molar-refractivity contribution in [2.24, 2.45) is 0 Å². The first-order valence-corrected chi connectivity index (χ1v) is 6.17. The molecule has 2 rings (SSSR count). The lowest BCUT2D eigenvalue weighted by Gasteiger charge is -2.08. The number of carbonyl (C=O) groups is 1. The number of hydrogen-bond acceptors (Lipinski definition) is 3. The maximum absolute atomic E-state index is 10.6. The quantitative estimate of drug-likeness (QED) is 0.853. The van der Waals surface area contributed by atoms with Gasteiger partial charge in [0.15, 0.2) is 0 Å². The molecule has 1 N–H and O–H groups in total. The summed E-state index contributed by atoms with van der Waals surface area (Å²) in [7, 11) is 0. The normalized spacial score (nSPS) is 10.2. The first kappa shape index (κ1) is 13.6. The molecule has 0 aromatic heterocycles. The second kappa shape index (κ2) is 6.36. The number of carbonyl (C=O) groups excluding carboxylic acids is 1. The summed E-state index contributed by atoms with van der Waals surface area (Å²) < 4.78 is 5.59. The van der Waals surface area contributed by atoms with Crippen LogP contribution >= 0.6 is 11.6 Å². The van der Waals surface area contributed by atoms with Crippen LogP contribution in [0, 0.1) is 0 Å². The molecule has 2 aromatic carbocycles. The number of ether oxygens (including phenoxy) is 1. The van der Waals surface area contributed by atoms with Gasteiger partial charge in [0.1, 0.15) is 18.6 Å². The Hall–Kier alpha value is -1.84. The number of aliphatic hydroxyl groups is 1. The van der Waals surface area contributed by atoms with Gasteiger partial charge in [-0.15, -0.1) is 0 Å². The number of aldehydes is 1. The summed E-state index contributed by atoms with van der Waals surface area (Å²) in [5.41, 5.74) is 2.36. The largest absolute Gasteiger partial charge is 0.487 e. The van der Waals surface area contributed by atoms with Crippen LogP contribution < -0.4 is 4.74 Å². The Bertz CT molecular complexity index is 564. The van der Waals surface area contributed by atoms with Crippen molar-refractivity contribution in [3.05, 3.63) is 64.2 Å². The van der Waals surface area contributed by atoms with Crippen molar-refractivity contribution in [3.8, 4) is 5.75 Å². The molecule has 0 saturated heterocycles. The summed E-state index contributed by atoms with van der Waals surface area (Å²) in [6.07, 6.45) is 0.739. The Balaban J connectivity index is 2.03. The van der Waals surface area contributed by atoms with Crippen molar-refractivity contribution in [1.82, 2.24) is 0 Å². The lowest BCUT2D eigenvalue weighted by molar-refractivity contribution is 0.112. The third kappa shape index (κ3) is 3.56. The second-order valence-corrected chi connectivity index (χ2v) is 4.48. The van der Waals surface area contributed by atoms with Crippen LogP contribution in [0.4, 0.5) is 0 Å². The third-order valence-corrected chi connectivity index (χ3v) is 2.99. The van der Waals surface area contributed by atoms with Gasteiger partial charge < -0.3 is 9.84 Å². The van der Waals surface area contributed by atoms with E-state index >= 15 is 0 Å². The van der Waals surface area contributed by atoms with E-state index in [0.29, 0.717) is 22.9 Å². The summed E-state index contributed by atoms with van der Waals surface area (Å²) >= 11 is 6.01. The van der Waals surface area contributed by atoms with Crippen LogP contribution in [0.2, 0.25) is 5.02 Å². The molecule has 0 amide bonds. The van der Waals surface area contributed by atoms with Crippen LogP contribution in [0.1, 0.15) is 21.5 Å². The Morgan fingerprint density at radius 1 is 1.11 bits per heavy atom. The van der Waals surface area contributed by atoms with Crippen molar-refractivity contribution < 1.29 is 14.6 Å². The van der Waals surface area contributed by atoms with Crippen LogP contribution in [-0.2, 0) is 13.2 Å². The molecule has 0 atom stereocenters. The number of rotatable bonds is 5. The zero-order chi connectivity index (χ0) is 13.7. The molecule has 0 unspecified atom stereocenters. The molecular weight excluding hydrogens is 264 g/mol. The van der Waals surface area contributed by atoms with E-state index in [1.165, 1.54) is 0 Å². The van der Waals surface area contributed by atoms with E-state index in [1.54, 1.807) is 18.2 Å². The lowest BCUT2D eigenvalue weighted by atomic mass is 10.1. The summed E-state index contributed by atoms with van der Waals surface area (Å²) in [5, 5.41) is 9.36. The molecule has 0 heterocycles. The standard InChI is InChI=1S/C15H13ClO3/c16-14-7-13(9-18)5-6-15(14)19-10-12-3-1-11(8-17)2-4-12/h1-7,9,17H,8,10H2. The fraction of sp³-hybridized carbons (Fsp3) is 0.133. The first-order chi connectivity index (χ1) is 9.22. The van der Waals surface area contributed by atoms with E-state index < -0.39 is 0 Å². The fourth-order valence-corrected chi connectivity index (χ4v) is 1.85. The third-order valence-electron chi connectivity index (χ3n) is 2.69. The number of aliphatic hydroxyl groups excluding tert-OH is 1. The Morgan fingerprint density at radius 3 is 2.37 bits per heavy atom. The van der Waals surface area contributed by atoms with Gasteiger partial charge in [0.2, 0.25) is 0 Å². The molecule has 0 fully saturated rings. The Kier molecular flexibility index (Phi) is 4.55. The lowest BCUT2D eigenvalue weighted by Crippen LogP contribution is -1.97. The van der Waals surface area contributed by atoms with Crippen molar-refractivity contribution in [1.29, 1.82) is 0 Å². The SMILES string of the molecule is O=Cc1ccc(OCc2ccc(CO)cc2)c(Cl)c1. The molecular formula is C15H13ClO3. The van der Waals surface area contributed by atoms with Crippen LogP contribution in [0.3, 0.4) is 0 Å². The molecule has 0 aliphatic heterocycles. The van der Waals surface area contributed by atoms with Crippen LogP contribution in [0.15, 0.2) is 42.5 Å². The van der Waals surface area contributed by atoms with Gasteiger partial charge in [-0.2, -0.15) is 0 Å². The summed E-state index contributed by atoms with van der Waals surface area (Å²) in [4.78, 5) is 10.6. The number of benzene rings is 2. The fourth-order valence-electron chi connectivity index (χ4n) is 1.61. The molecule has 0 saturated carbocycles. The maximum Gasteiger partial charge on any atom is 0.150 e. The zero-order valence-electron chi connectivity index (χ0n) is 10.2. The predicted octanol–water partition coefficient (Wildman–Crippen LogP) is 3.22. The van der Waals surface area contributed by atoms with Crippen molar-refractivity contribution in [3.63, 3.8) is 0 Å². The molecule has 0 bridgehead atoms. The van der Waals surface area contributed by atoms with Gasteiger partial charge in [0.05, 0.1) is 11.6 Å². The van der Waals surface area contributed by atoms with E-state index in [9.17, 15) is 4.79 Å². The second-order valence-electron chi connectivity index (χ2n) is 4.07. The monoisotopic (exact) mass is 276 g/mol. The molecule has 19 heavy (non-hydrogen) atoms. The van der Waals surface area contributed by atoms with E-state index in [2.05, 4.69) is 0 Å². The molecule has 98 valence electrons. The van der Waals surface area contributed by atoms with Gasteiger partial charge >= 0.3 is 0 Å². The van der Waals surface area contributed by atoms with Crippen LogP contribution in [0.5, 0.6) is 5.75 Å². The Morgan fingerprint density at radius 2 is 1.79 bits per heavy atom. The van der Waals surface area contributed by atoms with Gasteiger partial charge in [0.25, 0.3) is 0 Å². The van der Waals surface area contributed by atoms with Crippen molar-refractivity contribution in [2.75, 3.05) is 0 Å². The van der Waals surface area contributed by atoms with Crippen LogP contribution in [-0.4, -0.2) is 11.4 Å². The average Bonchev–Trinajstić information content (AvgIpc) is 2.46. The maximum atomic E-state index is 10.6. The molecule has 0 radical (unpaired) electrons. The summed E-state index contributed by atoms with van der Waals surface area (Å²) in [6, 6.07) is 12.4. The predicted molar refractivity (Wildman–Crippen MR) is 73.5 cm³/mol. The molecule has 4 heteroatoms. The van der Waals surface area contributed by atoms with Gasteiger partial charge in [0, 0.05) is 5.56 Å². The van der Waals surface area contributed by atoms with E-state index in [-0.39, 0.29) is 6.61 Å². The minimum absolute atomic E-state index is 0.0279. The molecule has 0 spiro atoms. The highest BCUT2D eigenvalue weighted by atomic mass is 35.5. The first-order valence-electron chi connectivity index (χ1n) is 5.79. The number of hydrogen-bond donors (Lipinski definition) is 1. The van der Waals surface area contributed by atoms with Gasteiger partial charge in [-0.05, 0) is 29.3 Å². The molecule has 0 aliphatic carbocycles. The van der Waals surface area contributed by atoms with Crippen LogP contribution in [0.25, 0.3) is 0 Å². The summed E-state index contributed by atoms with van der Waals surface area (Å²) in [6.45, 7) is 0.409. The zero-order valence-corrected chi connectivity index (χ0v) is 10.9. The van der Waals surface area contributed by atoms with E-state index in [4.69, 9.17) is 21.4 Å². The minimum atomic E-state index is 0.0279. The van der Waals surface area contributed by atoms with Gasteiger partial charge in [-0.25, -0.2) is 0 Å². The molecule has 3 nitrogen and oxygen atoms in total. The highest BCUT2D eigenvalue weighted by molar-refractivity contribution is 6.32. The van der Waals surface area contributed by atoms with Crippen molar-refractivity contribution >= 4 is 17.9 Å². The van der Waals surface area contributed by atoms with Gasteiger partial charge in [-0.3, -0.25) is 4.79 Å². The minimum Gasteiger partial charge on any atom is -0.487 e. The van der Waals surface area contributed by atoms with Crippen molar-refractivity contribution in [2.45, 2.75) is 13.2 Å². The smallest absolute Gasteiger partial charge is 0.150 e. The number of halogens is 1. The molecule has 0 aliphatic rings. The Labute approximate surface area is 116 Å². The highest BCUT2D eigenvalue weighted by Gasteiger charge is 2.03. The van der Waals surface area contributed by atoms with Gasteiger partial charge in [-0.1, -0.05) is 35.9 Å². The molecule has 2 aromatic rings. The average molecular weight is 277 g/mol. The van der Waals surface area contributed by atoms with E-state index in [0.717, 1.165) is 17.4 Å². The highest BCUT2D eigenvalue weighted by Crippen LogP contribution is 2.25. The van der Waals surface area contributed by atoms with E-state index in [1.807, 2.05) is 24.3 Å². The topological polar surface area (TPSA) is 46.5 Å².